The molecule has 1 heterocycles. The number of nitrogens with two attached hydrogens (primary N) is 1. The fraction of sp³-hybridized carbons (Fsp3) is 0.182. The lowest BCUT2D eigenvalue weighted by Crippen LogP contribution is -2.38. The van der Waals surface area contributed by atoms with Crippen LogP contribution in [-0.2, 0) is 11.3 Å². The van der Waals surface area contributed by atoms with E-state index in [1.165, 1.54) is 10.7 Å². The minimum absolute atomic E-state index is 0.147. The minimum atomic E-state index is -0.596. The maximum Gasteiger partial charge on any atom is 0.317 e. The first kappa shape index (κ1) is 21.6. The number of amides is 4. The van der Waals surface area contributed by atoms with Crippen LogP contribution in [0.25, 0.3) is 5.69 Å². The molecule has 2 aromatic carbocycles. The van der Waals surface area contributed by atoms with E-state index in [0.29, 0.717) is 12.2 Å². The summed E-state index contributed by atoms with van der Waals surface area (Å²) < 4.78 is 1.52. The summed E-state index contributed by atoms with van der Waals surface area (Å²) in [5, 5.41) is 9.60. The summed E-state index contributed by atoms with van der Waals surface area (Å²) in [7, 11) is 1.70. The summed E-state index contributed by atoms with van der Waals surface area (Å²) in [6.07, 6.45) is 1.78. The van der Waals surface area contributed by atoms with E-state index in [9.17, 15) is 14.4 Å². The van der Waals surface area contributed by atoms with Crippen LogP contribution in [0.3, 0.4) is 0 Å². The van der Waals surface area contributed by atoms with Gasteiger partial charge in [0, 0.05) is 38.4 Å². The van der Waals surface area contributed by atoms with Crippen LogP contribution in [0.4, 0.5) is 10.5 Å². The largest absolute Gasteiger partial charge is 0.364 e. The van der Waals surface area contributed by atoms with Gasteiger partial charge in [-0.1, -0.05) is 30.3 Å². The van der Waals surface area contributed by atoms with Gasteiger partial charge in [0.2, 0.25) is 5.91 Å². The molecule has 160 valence electrons. The van der Waals surface area contributed by atoms with Crippen molar-refractivity contribution in [1.29, 1.82) is 0 Å². The maximum absolute atomic E-state index is 12.1. The third kappa shape index (κ3) is 6.17. The summed E-state index contributed by atoms with van der Waals surface area (Å²) in [4.78, 5) is 37.0. The highest BCUT2D eigenvalue weighted by atomic mass is 16.2. The molecule has 0 atom stereocenters. The molecular weight excluding hydrogens is 396 g/mol. The number of benzene rings is 2. The smallest absolute Gasteiger partial charge is 0.317 e. The number of aromatic nitrogens is 2. The lowest BCUT2D eigenvalue weighted by molar-refractivity contribution is -0.116. The molecule has 4 amide bonds. The Labute approximate surface area is 179 Å². The molecule has 0 aliphatic rings. The Morgan fingerprint density at radius 3 is 2.39 bits per heavy atom. The molecule has 4 N–H and O–H groups in total. The summed E-state index contributed by atoms with van der Waals surface area (Å²) in [6.45, 7) is 0.716. The van der Waals surface area contributed by atoms with Crippen LogP contribution in [0.1, 0.15) is 22.5 Å². The van der Waals surface area contributed by atoms with Gasteiger partial charge in [0.25, 0.3) is 5.91 Å². The number of primary amides is 1. The highest BCUT2D eigenvalue weighted by Gasteiger charge is 2.10. The number of hydrogen-bond acceptors (Lipinski definition) is 4. The Balaban J connectivity index is 1.43. The molecule has 1 aromatic heterocycles. The number of anilines is 1. The van der Waals surface area contributed by atoms with Crippen molar-refractivity contribution >= 4 is 23.5 Å². The zero-order valence-corrected chi connectivity index (χ0v) is 17.1. The molecule has 9 heteroatoms. The van der Waals surface area contributed by atoms with E-state index in [1.807, 2.05) is 30.3 Å². The average Bonchev–Trinajstić information content (AvgIpc) is 3.25. The molecule has 0 aliphatic carbocycles. The second-order valence-electron chi connectivity index (χ2n) is 6.93. The van der Waals surface area contributed by atoms with Crippen LogP contribution in [0.15, 0.2) is 66.9 Å². The Morgan fingerprint density at radius 2 is 1.74 bits per heavy atom. The fourth-order valence-corrected chi connectivity index (χ4v) is 2.87. The lowest BCUT2D eigenvalue weighted by Gasteiger charge is -2.18. The summed E-state index contributed by atoms with van der Waals surface area (Å²) in [5.41, 5.74) is 7.74. The first-order valence-corrected chi connectivity index (χ1v) is 9.71. The first-order valence-electron chi connectivity index (χ1n) is 9.71. The molecule has 0 unspecified atom stereocenters. The minimum Gasteiger partial charge on any atom is -0.364 e. The van der Waals surface area contributed by atoms with Gasteiger partial charge in [0.15, 0.2) is 0 Å². The number of urea groups is 1. The van der Waals surface area contributed by atoms with Crippen LogP contribution in [-0.4, -0.2) is 46.1 Å². The molecule has 0 radical (unpaired) electrons. The van der Waals surface area contributed by atoms with Crippen molar-refractivity contribution in [3.63, 3.8) is 0 Å². The molecule has 0 saturated carbocycles. The lowest BCUT2D eigenvalue weighted by atomic mass is 10.2. The van der Waals surface area contributed by atoms with Crippen LogP contribution in [0.5, 0.6) is 0 Å². The van der Waals surface area contributed by atoms with Gasteiger partial charge in [-0.25, -0.2) is 9.48 Å². The Kier molecular flexibility index (Phi) is 7.00. The Hall–Kier alpha value is -4.14. The van der Waals surface area contributed by atoms with E-state index in [2.05, 4.69) is 15.7 Å². The number of nitrogens with one attached hydrogen (secondary N) is 2. The third-order valence-corrected chi connectivity index (χ3v) is 4.49. The van der Waals surface area contributed by atoms with Crippen molar-refractivity contribution < 1.29 is 14.4 Å². The van der Waals surface area contributed by atoms with Crippen molar-refractivity contribution in [2.24, 2.45) is 5.73 Å². The Bertz CT molecular complexity index is 1050. The normalized spacial score (nSPS) is 10.4. The maximum atomic E-state index is 12.1. The standard InChI is InChI=1S/C22H24N6O3/c1-27(15-16-5-3-2-4-6-16)22(31)24-13-11-20(29)25-17-7-9-18(10-8-17)28-14-12-19(26-28)21(23)30/h2-10,12,14H,11,13,15H2,1H3,(H2,23,30)(H,24,31)(H,25,29). The zero-order chi connectivity index (χ0) is 22.2. The van der Waals surface area contributed by atoms with Crippen molar-refractivity contribution in [2.75, 3.05) is 18.9 Å². The van der Waals surface area contributed by atoms with Gasteiger partial charge in [-0.15, -0.1) is 0 Å². The van der Waals surface area contributed by atoms with E-state index in [1.54, 1.807) is 42.4 Å². The molecular formula is C22H24N6O3. The summed E-state index contributed by atoms with van der Waals surface area (Å²) in [5.74, 6) is -0.810. The molecule has 0 fully saturated rings. The van der Waals surface area contributed by atoms with Gasteiger partial charge >= 0.3 is 6.03 Å². The average molecular weight is 420 g/mol. The summed E-state index contributed by atoms with van der Waals surface area (Å²) in [6, 6.07) is 17.9. The molecule has 3 rings (SSSR count). The molecule has 3 aromatic rings. The predicted molar refractivity (Wildman–Crippen MR) is 117 cm³/mol. The SMILES string of the molecule is CN(Cc1ccccc1)C(=O)NCCC(=O)Nc1ccc(-n2ccc(C(N)=O)n2)cc1. The predicted octanol–water partition coefficient (Wildman–Crippen LogP) is 2.14. The Morgan fingerprint density at radius 1 is 1.03 bits per heavy atom. The molecule has 0 bridgehead atoms. The molecule has 0 aliphatic heterocycles. The van der Waals surface area contributed by atoms with Crippen LogP contribution in [0.2, 0.25) is 0 Å². The molecule has 31 heavy (non-hydrogen) atoms. The van der Waals surface area contributed by atoms with Gasteiger partial charge < -0.3 is 21.3 Å². The fourth-order valence-electron chi connectivity index (χ4n) is 2.87. The van der Waals surface area contributed by atoms with E-state index in [-0.39, 0.29) is 30.6 Å². The van der Waals surface area contributed by atoms with Gasteiger partial charge in [-0.05, 0) is 35.9 Å². The monoisotopic (exact) mass is 420 g/mol. The number of carbonyl (C=O) groups excluding carboxylic acids is 3. The molecule has 0 saturated heterocycles. The molecule has 0 spiro atoms. The second kappa shape index (κ2) is 10.1. The van der Waals surface area contributed by atoms with E-state index in [0.717, 1.165) is 11.3 Å². The highest BCUT2D eigenvalue weighted by molar-refractivity contribution is 5.91. The molecule has 9 nitrogen and oxygen atoms in total. The van der Waals surface area contributed by atoms with Crippen molar-refractivity contribution in [3.05, 3.63) is 78.1 Å². The van der Waals surface area contributed by atoms with Crippen molar-refractivity contribution in [2.45, 2.75) is 13.0 Å². The van der Waals surface area contributed by atoms with E-state index in [4.69, 9.17) is 5.73 Å². The number of hydrogen-bond donors (Lipinski definition) is 3. The quantitative estimate of drug-likeness (QED) is 0.517. The van der Waals surface area contributed by atoms with Crippen molar-refractivity contribution in [3.8, 4) is 5.69 Å². The van der Waals surface area contributed by atoms with Crippen LogP contribution >= 0.6 is 0 Å². The topological polar surface area (TPSA) is 122 Å². The van der Waals surface area contributed by atoms with Crippen molar-refractivity contribution in [1.82, 2.24) is 20.0 Å². The van der Waals surface area contributed by atoms with Gasteiger partial charge in [-0.3, -0.25) is 9.59 Å². The number of carbonyl (C=O) groups is 3. The number of nitrogens with zero attached hydrogens (tertiary/aromatic N) is 3. The van der Waals surface area contributed by atoms with E-state index >= 15 is 0 Å². The third-order valence-electron chi connectivity index (χ3n) is 4.49. The van der Waals surface area contributed by atoms with Crippen LogP contribution < -0.4 is 16.4 Å². The van der Waals surface area contributed by atoms with Gasteiger partial charge in [0.1, 0.15) is 5.69 Å². The second-order valence-corrected chi connectivity index (χ2v) is 6.93. The van der Waals surface area contributed by atoms with Gasteiger partial charge in [-0.2, -0.15) is 5.10 Å². The first-order chi connectivity index (χ1) is 14.9. The highest BCUT2D eigenvalue weighted by Crippen LogP contribution is 2.13. The number of rotatable bonds is 8. The van der Waals surface area contributed by atoms with Gasteiger partial charge in [0.05, 0.1) is 5.69 Å². The van der Waals surface area contributed by atoms with E-state index < -0.39 is 5.91 Å². The van der Waals surface area contributed by atoms with Crippen LogP contribution in [0, 0.1) is 0 Å². The zero-order valence-electron chi connectivity index (χ0n) is 17.1. The summed E-state index contributed by atoms with van der Waals surface area (Å²) >= 11 is 0.